The van der Waals surface area contributed by atoms with Gasteiger partial charge in [0, 0.05) is 47.3 Å². The van der Waals surface area contributed by atoms with E-state index in [4.69, 9.17) is 9.47 Å². The van der Waals surface area contributed by atoms with E-state index in [9.17, 15) is 19.8 Å². The molecule has 2 amide bonds. The number of amides is 2. The first-order valence-electron chi connectivity index (χ1n) is 16.0. The van der Waals surface area contributed by atoms with Gasteiger partial charge in [0.1, 0.15) is 24.4 Å². The minimum Gasteiger partial charge on any atom is -0.394 e. The molecule has 3 aliphatic rings. The molecular formula is C35H39ClN4O6. The van der Waals surface area contributed by atoms with Crippen molar-refractivity contribution in [2.24, 2.45) is 0 Å². The fraction of sp³-hybridized carbons (Fsp3) is 0.429. The second-order valence-corrected chi connectivity index (χ2v) is 12.5. The van der Waals surface area contributed by atoms with Gasteiger partial charge in [-0.1, -0.05) is 50.2 Å². The number of hydrogen-bond acceptors (Lipinski definition) is 7. The number of imide groups is 1. The van der Waals surface area contributed by atoms with E-state index in [2.05, 4.69) is 27.9 Å². The maximum atomic E-state index is 14.5. The molecule has 3 aromatic carbocycles. The fourth-order valence-electron chi connectivity index (χ4n) is 8.38. The summed E-state index contributed by atoms with van der Waals surface area (Å²) in [4.78, 5) is 32.7. The lowest BCUT2D eigenvalue weighted by molar-refractivity contribution is -0.231. The lowest BCUT2D eigenvalue weighted by Crippen LogP contribution is -2.55. The number of ether oxygens (including phenoxy) is 2. The van der Waals surface area contributed by atoms with E-state index < -0.39 is 30.6 Å². The molecule has 2 aromatic heterocycles. The topological polar surface area (TPSA) is 109 Å². The smallest absolute Gasteiger partial charge is 0.262 e. The van der Waals surface area contributed by atoms with Crippen LogP contribution in [0.1, 0.15) is 59.7 Å². The number of benzene rings is 3. The molecule has 0 unspecified atom stereocenters. The van der Waals surface area contributed by atoms with Crippen LogP contribution in [0.2, 0.25) is 0 Å². The van der Waals surface area contributed by atoms with Crippen LogP contribution in [0.4, 0.5) is 0 Å². The molecule has 5 atom stereocenters. The highest BCUT2D eigenvalue weighted by Gasteiger charge is 2.52. The average molecular weight is 647 g/mol. The predicted octanol–water partition coefficient (Wildman–Crippen LogP) is 4.86. The van der Waals surface area contributed by atoms with Crippen LogP contribution in [0, 0.1) is 0 Å². The van der Waals surface area contributed by atoms with Gasteiger partial charge in [0.15, 0.2) is 6.23 Å². The molecule has 242 valence electrons. The molecule has 3 aliphatic heterocycles. The molecule has 1 fully saturated rings. The Bertz CT molecular complexity index is 2010. The third-order valence-electron chi connectivity index (χ3n) is 10.1. The maximum Gasteiger partial charge on any atom is 0.262 e. The molecule has 46 heavy (non-hydrogen) atoms. The number of fused-ring (bicyclic) bond motifs is 12. The van der Waals surface area contributed by atoms with E-state index in [1.54, 1.807) is 0 Å². The van der Waals surface area contributed by atoms with Crippen LogP contribution >= 0.6 is 12.4 Å². The normalized spacial score (nSPS) is 23.8. The average Bonchev–Trinajstić information content (AvgIpc) is 3.65. The van der Waals surface area contributed by atoms with Gasteiger partial charge in [-0.25, -0.2) is 0 Å². The van der Waals surface area contributed by atoms with E-state index in [0.29, 0.717) is 24.2 Å². The van der Waals surface area contributed by atoms with Crippen molar-refractivity contribution < 1.29 is 29.3 Å². The molecule has 0 saturated carbocycles. The summed E-state index contributed by atoms with van der Waals surface area (Å²) in [6, 6.07) is 15.1. The van der Waals surface area contributed by atoms with Crippen molar-refractivity contribution in [3.05, 3.63) is 59.7 Å². The van der Waals surface area contributed by atoms with Crippen molar-refractivity contribution in [2.45, 2.75) is 57.3 Å². The van der Waals surface area contributed by atoms with Gasteiger partial charge in [-0.05, 0) is 38.1 Å². The van der Waals surface area contributed by atoms with E-state index in [1.807, 2.05) is 48.5 Å². The van der Waals surface area contributed by atoms with Crippen LogP contribution in [0.25, 0.3) is 43.6 Å². The summed E-state index contributed by atoms with van der Waals surface area (Å²) in [5.41, 5.74) is 4.13. The molecule has 0 spiro atoms. The Morgan fingerprint density at radius 2 is 1.39 bits per heavy atom. The largest absolute Gasteiger partial charge is 0.394 e. The van der Waals surface area contributed by atoms with Crippen molar-refractivity contribution in [3.63, 3.8) is 0 Å². The zero-order chi connectivity index (χ0) is 31.1. The Balaban J connectivity index is 0.00000338. The standard InChI is InChI=1S/C35H38N4O6.ClH/c1-4-14-36(15-5-2)16-17-37-33(42)26-24-19-10-6-8-12-21(19)38-28(24)29-25(27(26)34(37)43)20-11-7-9-13-22(20)39(29)35-30(38)31(41)32(44-3)23(18-40)45-35;/h6-13,23,30-32,35,40-41H,4-5,14-18H2,1-3H3;1H/t23-,30+,31-,32-,35-;/m1./s1. The molecule has 5 heterocycles. The number of aliphatic hydroxyl groups is 2. The van der Waals surface area contributed by atoms with E-state index in [1.165, 1.54) is 12.0 Å². The lowest BCUT2D eigenvalue weighted by atomic mass is 9.93. The van der Waals surface area contributed by atoms with E-state index in [0.717, 1.165) is 69.5 Å². The number of methoxy groups -OCH3 is 1. The van der Waals surface area contributed by atoms with Crippen LogP contribution in [-0.4, -0.2) is 99.2 Å². The van der Waals surface area contributed by atoms with Gasteiger partial charge in [-0.2, -0.15) is 0 Å². The molecule has 0 bridgehead atoms. The minimum atomic E-state index is -1.03. The van der Waals surface area contributed by atoms with Crippen molar-refractivity contribution in [1.82, 2.24) is 18.9 Å². The molecular weight excluding hydrogens is 608 g/mol. The van der Waals surface area contributed by atoms with Gasteiger partial charge in [-0.3, -0.25) is 14.5 Å². The molecule has 11 heteroatoms. The van der Waals surface area contributed by atoms with Gasteiger partial charge < -0.3 is 33.7 Å². The van der Waals surface area contributed by atoms with Crippen molar-refractivity contribution in [3.8, 4) is 0 Å². The monoisotopic (exact) mass is 646 g/mol. The lowest BCUT2D eigenvalue weighted by Gasteiger charge is -2.47. The number of halogens is 1. The zero-order valence-corrected chi connectivity index (χ0v) is 27.0. The van der Waals surface area contributed by atoms with Crippen molar-refractivity contribution >= 4 is 67.8 Å². The first-order valence-corrected chi connectivity index (χ1v) is 16.0. The number of rotatable bonds is 9. The summed E-state index contributed by atoms with van der Waals surface area (Å²) in [7, 11) is 1.51. The summed E-state index contributed by atoms with van der Waals surface area (Å²) in [5.74, 6) is -0.550. The SMILES string of the molecule is CCCN(CCC)CCN1C(=O)c2c(c3c4ccccc4n4c3c3c2c2ccccc2n3[C@H]2[C@@H](O)[C@H](OC)[C@@H](CO)O[C@H]24)C1=O.Cl. The van der Waals surface area contributed by atoms with Gasteiger partial charge >= 0.3 is 0 Å². The number of carbonyl (C=O) groups is 2. The van der Waals surface area contributed by atoms with Crippen LogP contribution in [-0.2, 0) is 9.47 Å². The van der Waals surface area contributed by atoms with E-state index in [-0.39, 0.29) is 30.8 Å². The van der Waals surface area contributed by atoms with Gasteiger partial charge in [-0.15, -0.1) is 12.4 Å². The first kappa shape index (κ1) is 31.1. The Hall–Kier alpha value is -3.51. The number of para-hydroxylation sites is 2. The molecule has 1 saturated heterocycles. The molecule has 10 nitrogen and oxygen atoms in total. The predicted molar refractivity (Wildman–Crippen MR) is 179 cm³/mol. The van der Waals surface area contributed by atoms with Crippen LogP contribution in [0.5, 0.6) is 0 Å². The second-order valence-electron chi connectivity index (χ2n) is 12.5. The molecule has 5 aromatic rings. The highest BCUT2D eigenvalue weighted by Crippen LogP contribution is 2.54. The third kappa shape index (κ3) is 4.01. The number of nitrogens with zero attached hydrogens (tertiary/aromatic N) is 4. The van der Waals surface area contributed by atoms with Crippen molar-refractivity contribution in [2.75, 3.05) is 39.9 Å². The zero-order valence-electron chi connectivity index (χ0n) is 26.2. The van der Waals surface area contributed by atoms with Crippen LogP contribution in [0.3, 0.4) is 0 Å². The number of aliphatic hydroxyl groups excluding tert-OH is 2. The summed E-state index contributed by atoms with van der Waals surface area (Å²) in [6.45, 7) is 6.71. The van der Waals surface area contributed by atoms with Gasteiger partial charge in [0.25, 0.3) is 11.8 Å². The molecule has 0 radical (unpaired) electrons. The first-order chi connectivity index (χ1) is 22.0. The maximum absolute atomic E-state index is 14.5. The highest BCUT2D eigenvalue weighted by atomic mass is 35.5. The molecule has 8 rings (SSSR count). The Kier molecular flexibility index (Phi) is 7.86. The number of hydrogen-bond donors (Lipinski definition) is 2. The quantitative estimate of drug-likeness (QED) is 0.220. The Labute approximate surface area is 272 Å². The molecule has 2 N–H and O–H groups in total. The summed E-state index contributed by atoms with van der Waals surface area (Å²) >= 11 is 0. The van der Waals surface area contributed by atoms with Crippen LogP contribution in [0.15, 0.2) is 48.5 Å². The Morgan fingerprint density at radius 1 is 0.848 bits per heavy atom. The molecule has 0 aliphatic carbocycles. The highest BCUT2D eigenvalue weighted by molar-refractivity contribution is 6.39. The second kappa shape index (κ2) is 11.6. The summed E-state index contributed by atoms with van der Waals surface area (Å²) in [6.07, 6.45) is -1.26. The number of aromatic nitrogens is 2. The summed E-state index contributed by atoms with van der Waals surface area (Å²) in [5, 5.41) is 25.4. The number of carbonyl (C=O) groups excluding carboxylic acids is 2. The van der Waals surface area contributed by atoms with Crippen molar-refractivity contribution in [1.29, 1.82) is 0 Å². The summed E-state index contributed by atoms with van der Waals surface area (Å²) < 4.78 is 16.5. The Morgan fingerprint density at radius 3 is 1.93 bits per heavy atom. The van der Waals surface area contributed by atoms with Crippen LogP contribution < -0.4 is 0 Å². The minimum absolute atomic E-state index is 0. The van der Waals surface area contributed by atoms with Gasteiger partial charge in [0.05, 0.1) is 34.3 Å². The van der Waals surface area contributed by atoms with E-state index >= 15 is 0 Å². The third-order valence-corrected chi connectivity index (χ3v) is 10.1. The van der Waals surface area contributed by atoms with Gasteiger partial charge in [0.2, 0.25) is 0 Å². The fourth-order valence-corrected chi connectivity index (χ4v) is 8.38.